The predicted molar refractivity (Wildman–Crippen MR) is 120 cm³/mol. The Morgan fingerprint density at radius 3 is 2.07 bits per heavy atom. The first-order chi connectivity index (χ1) is 14.8. The van der Waals surface area contributed by atoms with E-state index in [9.17, 15) is 4.79 Å². The molecule has 4 aromatic rings. The van der Waals surface area contributed by atoms with E-state index in [0.717, 1.165) is 27.1 Å². The number of amides is 1. The Kier molecular flexibility index (Phi) is 5.90. The highest BCUT2D eigenvalue weighted by molar-refractivity contribution is 6.13. The van der Waals surface area contributed by atoms with Crippen LogP contribution in [0.5, 0.6) is 11.5 Å². The smallest absolute Gasteiger partial charge is 0.277 e. The number of carbonyl (C=O) groups excluding carboxylic acids is 1. The van der Waals surface area contributed by atoms with Gasteiger partial charge in [0, 0.05) is 5.56 Å². The summed E-state index contributed by atoms with van der Waals surface area (Å²) in [5.41, 5.74) is 3.51. The standard InChI is InChI=1S/C25H22N2O3/c1-2-29-23-13-7-8-14-24(23)30-17-25(28)27-26-16-22-20-11-5-3-9-18(20)15-19-10-4-6-12-21(19)22/h3-16H,2,17H2,1H3,(H,27,28)/b26-16+. The van der Waals surface area contributed by atoms with Crippen molar-refractivity contribution < 1.29 is 14.3 Å². The molecule has 0 aliphatic carbocycles. The number of nitrogens with one attached hydrogen (secondary N) is 1. The lowest BCUT2D eigenvalue weighted by Gasteiger charge is -2.10. The van der Waals surface area contributed by atoms with Crippen LogP contribution in [-0.4, -0.2) is 25.3 Å². The second-order valence-corrected chi connectivity index (χ2v) is 6.69. The third-order valence-corrected chi connectivity index (χ3v) is 4.70. The Morgan fingerprint density at radius 2 is 1.43 bits per heavy atom. The summed E-state index contributed by atoms with van der Waals surface area (Å²) in [6.07, 6.45) is 1.69. The van der Waals surface area contributed by atoms with Gasteiger partial charge in [-0.05, 0) is 46.7 Å². The van der Waals surface area contributed by atoms with E-state index in [1.54, 1.807) is 18.3 Å². The largest absolute Gasteiger partial charge is 0.490 e. The lowest BCUT2D eigenvalue weighted by Crippen LogP contribution is -2.24. The Labute approximate surface area is 174 Å². The Bertz CT molecular complexity index is 1160. The first-order valence-electron chi connectivity index (χ1n) is 9.83. The van der Waals surface area contributed by atoms with Gasteiger partial charge < -0.3 is 9.47 Å². The number of hydrogen-bond acceptors (Lipinski definition) is 4. The molecule has 1 N–H and O–H groups in total. The molecular weight excluding hydrogens is 376 g/mol. The molecule has 5 nitrogen and oxygen atoms in total. The van der Waals surface area contributed by atoms with Crippen LogP contribution in [0.15, 0.2) is 84.0 Å². The van der Waals surface area contributed by atoms with Gasteiger partial charge >= 0.3 is 0 Å². The van der Waals surface area contributed by atoms with Gasteiger partial charge in [0.25, 0.3) is 5.91 Å². The van der Waals surface area contributed by atoms with Crippen LogP contribution in [-0.2, 0) is 4.79 Å². The van der Waals surface area contributed by atoms with Crippen LogP contribution in [0.2, 0.25) is 0 Å². The first kappa shape index (κ1) is 19.5. The van der Waals surface area contributed by atoms with E-state index in [-0.39, 0.29) is 12.5 Å². The fourth-order valence-electron chi connectivity index (χ4n) is 3.38. The molecule has 0 atom stereocenters. The Balaban J connectivity index is 1.49. The molecule has 4 rings (SSSR count). The summed E-state index contributed by atoms with van der Waals surface area (Å²) in [6, 6.07) is 25.7. The van der Waals surface area contributed by atoms with Crippen molar-refractivity contribution in [3.63, 3.8) is 0 Å². The van der Waals surface area contributed by atoms with Crippen LogP contribution in [0.1, 0.15) is 12.5 Å². The molecule has 1 amide bonds. The van der Waals surface area contributed by atoms with Crippen LogP contribution in [0.4, 0.5) is 0 Å². The molecule has 4 aromatic carbocycles. The van der Waals surface area contributed by atoms with E-state index in [2.05, 4.69) is 40.9 Å². The molecule has 0 bridgehead atoms. The molecule has 0 spiro atoms. The number of benzene rings is 4. The second kappa shape index (κ2) is 9.09. The van der Waals surface area contributed by atoms with Crippen molar-refractivity contribution in [2.24, 2.45) is 5.10 Å². The molecule has 0 aromatic heterocycles. The third kappa shape index (κ3) is 4.25. The molecule has 0 aliphatic heterocycles. The molecule has 30 heavy (non-hydrogen) atoms. The fraction of sp³-hybridized carbons (Fsp3) is 0.120. The number of carbonyl (C=O) groups is 1. The SMILES string of the molecule is CCOc1ccccc1OCC(=O)N/N=C/c1c2ccccc2cc2ccccc12. The molecule has 5 heteroatoms. The summed E-state index contributed by atoms with van der Waals surface area (Å²) >= 11 is 0. The molecule has 0 heterocycles. The molecule has 0 saturated carbocycles. The van der Waals surface area contributed by atoms with Crippen molar-refractivity contribution in [3.8, 4) is 11.5 Å². The van der Waals surface area contributed by atoms with Gasteiger partial charge in [-0.15, -0.1) is 0 Å². The second-order valence-electron chi connectivity index (χ2n) is 6.69. The molecular formula is C25H22N2O3. The van der Waals surface area contributed by atoms with Gasteiger partial charge in [0.2, 0.25) is 0 Å². The van der Waals surface area contributed by atoms with Gasteiger partial charge in [-0.25, -0.2) is 5.43 Å². The van der Waals surface area contributed by atoms with Gasteiger partial charge in [0.15, 0.2) is 18.1 Å². The van der Waals surface area contributed by atoms with Crippen molar-refractivity contribution in [3.05, 3.63) is 84.4 Å². The minimum Gasteiger partial charge on any atom is -0.490 e. The number of nitrogens with zero attached hydrogens (tertiary/aromatic N) is 1. The number of ether oxygens (including phenoxy) is 2. The van der Waals surface area contributed by atoms with Crippen molar-refractivity contribution in [1.29, 1.82) is 0 Å². The van der Waals surface area contributed by atoms with E-state index in [0.29, 0.717) is 18.1 Å². The Hall–Kier alpha value is -3.86. The van der Waals surface area contributed by atoms with Crippen LogP contribution < -0.4 is 14.9 Å². The van der Waals surface area contributed by atoms with Crippen molar-refractivity contribution >= 4 is 33.7 Å². The summed E-state index contributed by atoms with van der Waals surface area (Å²) < 4.78 is 11.1. The van der Waals surface area contributed by atoms with Crippen LogP contribution in [0, 0.1) is 0 Å². The first-order valence-corrected chi connectivity index (χ1v) is 9.83. The lowest BCUT2D eigenvalue weighted by molar-refractivity contribution is -0.123. The Morgan fingerprint density at radius 1 is 0.867 bits per heavy atom. The van der Waals surface area contributed by atoms with Gasteiger partial charge in [0.1, 0.15) is 0 Å². The molecule has 0 fully saturated rings. The number of hydrazone groups is 1. The van der Waals surface area contributed by atoms with Crippen molar-refractivity contribution in [2.75, 3.05) is 13.2 Å². The van der Waals surface area contributed by atoms with Crippen LogP contribution in [0.3, 0.4) is 0 Å². The van der Waals surface area contributed by atoms with E-state index in [1.165, 1.54) is 0 Å². The summed E-state index contributed by atoms with van der Waals surface area (Å²) in [6.45, 7) is 2.27. The summed E-state index contributed by atoms with van der Waals surface area (Å²) in [4.78, 5) is 12.2. The van der Waals surface area contributed by atoms with E-state index < -0.39 is 0 Å². The van der Waals surface area contributed by atoms with Crippen molar-refractivity contribution in [2.45, 2.75) is 6.92 Å². The fourth-order valence-corrected chi connectivity index (χ4v) is 3.38. The van der Waals surface area contributed by atoms with Gasteiger partial charge in [-0.2, -0.15) is 5.10 Å². The quantitative estimate of drug-likeness (QED) is 0.273. The monoisotopic (exact) mass is 398 g/mol. The molecule has 0 radical (unpaired) electrons. The number of hydrogen-bond donors (Lipinski definition) is 1. The van der Waals surface area contributed by atoms with Crippen LogP contribution >= 0.6 is 0 Å². The summed E-state index contributed by atoms with van der Waals surface area (Å²) in [5, 5.41) is 8.59. The maximum absolute atomic E-state index is 12.2. The average molecular weight is 398 g/mol. The minimum absolute atomic E-state index is 0.155. The van der Waals surface area contributed by atoms with E-state index in [4.69, 9.17) is 9.47 Å². The number of para-hydroxylation sites is 2. The zero-order chi connectivity index (χ0) is 20.8. The van der Waals surface area contributed by atoms with Gasteiger partial charge in [0.05, 0.1) is 12.8 Å². The van der Waals surface area contributed by atoms with E-state index in [1.807, 2.05) is 43.3 Å². The zero-order valence-corrected chi connectivity index (χ0v) is 16.7. The minimum atomic E-state index is -0.345. The number of fused-ring (bicyclic) bond motifs is 2. The molecule has 0 unspecified atom stereocenters. The molecule has 0 aliphatic rings. The highest BCUT2D eigenvalue weighted by Crippen LogP contribution is 2.27. The van der Waals surface area contributed by atoms with Gasteiger partial charge in [-0.3, -0.25) is 4.79 Å². The topological polar surface area (TPSA) is 59.9 Å². The molecule has 150 valence electrons. The van der Waals surface area contributed by atoms with Crippen LogP contribution in [0.25, 0.3) is 21.5 Å². The summed E-state index contributed by atoms with van der Waals surface area (Å²) in [5.74, 6) is 0.791. The number of rotatable bonds is 7. The summed E-state index contributed by atoms with van der Waals surface area (Å²) in [7, 11) is 0. The maximum Gasteiger partial charge on any atom is 0.277 e. The zero-order valence-electron chi connectivity index (χ0n) is 16.7. The third-order valence-electron chi connectivity index (χ3n) is 4.70. The van der Waals surface area contributed by atoms with Crippen molar-refractivity contribution in [1.82, 2.24) is 5.43 Å². The maximum atomic E-state index is 12.2. The normalized spacial score (nSPS) is 11.1. The predicted octanol–water partition coefficient (Wildman–Crippen LogP) is 4.92. The highest BCUT2D eigenvalue weighted by atomic mass is 16.5. The molecule has 0 saturated heterocycles. The van der Waals surface area contributed by atoms with E-state index >= 15 is 0 Å². The lowest BCUT2D eigenvalue weighted by atomic mass is 9.97. The van der Waals surface area contributed by atoms with Gasteiger partial charge in [-0.1, -0.05) is 60.7 Å². The average Bonchev–Trinajstić information content (AvgIpc) is 2.78. The highest BCUT2D eigenvalue weighted by Gasteiger charge is 2.08.